The van der Waals surface area contributed by atoms with Gasteiger partial charge in [0.15, 0.2) is 0 Å². The third-order valence-electron chi connectivity index (χ3n) is 5.61. The van der Waals surface area contributed by atoms with Crippen molar-refractivity contribution in [1.29, 1.82) is 0 Å². The molecule has 1 amide bonds. The van der Waals surface area contributed by atoms with Crippen molar-refractivity contribution in [2.45, 2.75) is 45.5 Å². The van der Waals surface area contributed by atoms with Crippen LogP contribution in [0.1, 0.15) is 48.5 Å². The van der Waals surface area contributed by atoms with Crippen molar-refractivity contribution in [2.75, 3.05) is 13.7 Å². The SMILES string of the molecule is COC(=O)c1sccc1C=C(CNC(=O)OCc1ccccc1)B1OC(C)(C)C(C)(C)O1. The van der Waals surface area contributed by atoms with Gasteiger partial charge >= 0.3 is 19.2 Å². The maximum absolute atomic E-state index is 12.3. The van der Waals surface area contributed by atoms with Gasteiger partial charge in [-0.25, -0.2) is 9.59 Å². The average molecular weight is 457 g/mol. The lowest BCUT2D eigenvalue weighted by Crippen LogP contribution is -2.41. The van der Waals surface area contributed by atoms with E-state index in [9.17, 15) is 9.59 Å². The van der Waals surface area contributed by atoms with Crippen molar-refractivity contribution < 1.29 is 28.4 Å². The number of benzene rings is 1. The van der Waals surface area contributed by atoms with Gasteiger partial charge in [-0.2, -0.15) is 0 Å². The molecule has 1 saturated heterocycles. The third kappa shape index (κ3) is 5.59. The third-order valence-corrected chi connectivity index (χ3v) is 6.52. The molecule has 170 valence electrons. The molecule has 0 radical (unpaired) electrons. The largest absolute Gasteiger partial charge is 0.492 e. The molecule has 1 aliphatic heterocycles. The minimum Gasteiger partial charge on any atom is -0.465 e. The van der Waals surface area contributed by atoms with Crippen LogP contribution in [0.15, 0.2) is 47.3 Å². The molecule has 1 aliphatic rings. The fourth-order valence-electron chi connectivity index (χ4n) is 3.04. The van der Waals surface area contributed by atoms with E-state index >= 15 is 0 Å². The zero-order valence-electron chi connectivity index (χ0n) is 19.0. The van der Waals surface area contributed by atoms with E-state index in [2.05, 4.69) is 5.32 Å². The molecule has 1 fully saturated rings. The fourth-order valence-corrected chi connectivity index (χ4v) is 3.83. The van der Waals surface area contributed by atoms with Crippen molar-refractivity contribution in [1.82, 2.24) is 5.32 Å². The van der Waals surface area contributed by atoms with Gasteiger partial charge in [-0.15, -0.1) is 11.3 Å². The first-order chi connectivity index (χ1) is 15.1. The molecule has 3 rings (SSSR count). The van der Waals surface area contributed by atoms with E-state index < -0.39 is 30.4 Å². The number of nitrogens with one attached hydrogen (secondary N) is 1. The Balaban J connectivity index is 1.76. The molecule has 1 aromatic carbocycles. The van der Waals surface area contributed by atoms with Crippen molar-refractivity contribution in [2.24, 2.45) is 0 Å². The molecule has 0 atom stereocenters. The lowest BCUT2D eigenvalue weighted by Gasteiger charge is -2.32. The summed E-state index contributed by atoms with van der Waals surface area (Å²) in [6.45, 7) is 8.11. The van der Waals surface area contributed by atoms with E-state index in [4.69, 9.17) is 18.8 Å². The number of carbonyl (C=O) groups excluding carboxylic acids is 2. The molecule has 1 aromatic heterocycles. The summed E-state index contributed by atoms with van der Waals surface area (Å²) in [5.74, 6) is -0.422. The highest BCUT2D eigenvalue weighted by Crippen LogP contribution is 2.39. The standard InChI is InChI=1S/C23H28BNO6S/c1-22(2)23(3,4)31-24(30-22)18(13-17-11-12-32-19(17)20(26)28-5)14-25-21(27)29-15-16-9-7-6-8-10-16/h6-13H,14-15H2,1-5H3,(H,25,27). The fraction of sp³-hybridized carbons (Fsp3) is 0.391. The van der Waals surface area contributed by atoms with E-state index in [-0.39, 0.29) is 13.2 Å². The number of hydrogen-bond donors (Lipinski definition) is 1. The van der Waals surface area contributed by atoms with Crippen LogP contribution in [0.5, 0.6) is 0 Å². The van der Waals surface area contributed by atoms with E-state index in [1.54, 1.807) is 6.08 Å². The summed E-state index contributed by atoms with van der Waals surface area (Å²) >= 11 is 1.28. The molecule has 0 saturated carbocycles. The molecule has 0 bridgehead atoms. The zero-order valence-corrected chi connectivity index (χ0v) is 19.8. The van der Waals surface area contributed by atoms with E-state index in [1.807, 2.05) is 69.5 Å². The van der Waals surface area contributed by atoms with E-state index in [0.717, 1.165) is 5.56 Å². The summed E-state index contributed by atoms with van der Waals surface area (Å²) in [5, 5.41) is 4.56. The van der Waals surface area contributed by atoms with Crippen LogP contribution in [0.2, 0.25) is 0 Å². The lowest BCUT2D eigenvalue weighted by molar-refractivity contribution is 0.00578. The average Bonchev–Trinajstić information content (AvgIpc) is 3.30. The zero-order chi connectivity index (χ0) is 23.4. The first-order valence-corrected chi connectivity index (χ1v) is 11.2. The van der Waals surface area contributed by atoms with Gasteiger partial charge in [0, 0.05) is 6.54 Å². The molecule has 2 aromatic rings. The van der Waals surface area contributed by atoms with Gasteiger partial charge < -0.3 is 24.1 Å². The van der Waals surface area contributed by atoms with Crippen LogP contribution in [0, 0.1) is 0 Å². The monoisotopic (exact) mass is 457 g/mol. The van der Waals surface area contributed by atoms with Crippen molar-refractivity contribution in [3.05, 3.63) is 63.3 Å². The molecule has 2 heterocycles. The van der Waals surface area contributed by atoms with Crippen LogP contribution < -0.4 is 5.32 Å². The van der Waals surface area contributed by atoms with Crippen LogP contribution in [-0.4, -0.2) is 44.0 Å². The summed E-state index contributed by atoms with van der Waals surface area (Å²) in [6, 6.07) is 11.3. The van der Waals surface area contributed by atoms with Gasteiger partial charge in [-0.05, 0) is 55.7 Å². The number of hydrogen-bond acceptors (Lipinski definition) is 7. The van der Waals surface area contributed by atoms with Crippen molar-refractivity contribution >= 4 is 36.6 Å². The second-order valence-electron chi connectivity index (χ2n) is 8.42. The smallest absolute Gasteiger partial charge is 0.465 e. The van der Waals surface area contributed by atoms with Crippen LogP contribution in [-0.2, 0) is 25.4 Å². The maximum Gasteiger partial charge on any atom is 0.492 e. The van der Waals surface area contributed by atoms with Crippen LogP contribution in [0.3, 0.4) is 0 Å². The highest BCUT2D eigenvalue weighted by Gasteiger charge is 2.52. The Kier molecular flexibility index (Phi) is 7.43. The molecular formula is C23H28BNO6S. The first kappa shape index (κ1) is 24.0. The number of carbonyl (C=O) groups is 2. The number of amides is 1. The topological polar surface area (TPSA) is 83.1 Å². The summed E-state index contributed by atoms with van der Waals surface area (Å²) in [6.07, 6.45) is 1.23. The van der Waals surface area contributed by atoms with Gasteiger partial charge in [-0.3, -0.25) is 0 Å². The minimum absolute atomic E-state index is 0.126. The number of esters is 1. The number of thiophene rings is 1. The van der Waals surface area contributed by atoms with Crippen LogP contribution in [0.25, 0.3) is 6.08 Å². The van der Waals surface area contributed by atoms with Gasteiger partial charge in [0.2, 0.25) is 0 Å². The molecule has 0 unspecified atom stereocenters. The molecule has 0 aliphatic carbocycles. The van der Waals surface area contributed by atoms with Crippen LogP contribution >= 0.6 is 11.3 Å². The molecular weight excluding hydrogens is 429 g/mol. The van der Waals surface area contributed by atoms with Crippen molar-refractivity contribution in [3.8, 4) is 0 Å². The normalized spacial score (nSPS) is 17.2. The Morgan fingerprint density at radius 3 is 2.38 bits per heavy atom. The molecule has 0 spiro atoms. The van der Waals surface area contributed by atoms with Gasteiger partial charge in [0.1, 0.15) is 11.5 Å². The molecule has 1 N–H and O–H groups in total. The molecule has 9 heteroatoms. The first-order valence-electron chi connectivity index (χ1n) is 10.3. The maximum atomic E-state index is 12.3. The highest BCUT2D eigenvalue weighted by molar-refractivity contribution is 7.12. The van der Waals surface area contributed by atoms with E-state index in [1.165, 1.54) is 18.4 Å². The summed E-state index contributed by atoms with van der Waals surface area (Å²) in [4.78, 5) is 24.9. The number of ether oxygens (including phenoxy) is 2. The Morgan fingerprint density at radius 1 is 1.09 bits per heavy atom. The summed E-state index contributed by atoms with van der Waals surface area (Å²) in [7, 11) is 0.648. The second kappa shape index (κ2) is 9.89. The minimum atomic E-state index is -0.695. The molecule has 7 nitrogen and oxygen atoms in total. The predicted octanol–water partition coefficient (Wildman–Crippen LogP) is 4.48. The lowest BCUT2D eigenvalue weighted by atomic mass is 9.77. The quantitative estimate of drug-likeness (QED) is 0.488. The van der Waals surface area contributed by atoms with Gasteiger partial charge in [0.05, 0.1) is 18.3 Å². The highest BCUT2D eigenvalue weighted by atomic mass is 32.1. The van der Waals surface area contributed by atoms with Crippen molar-refractivity contribution in [3.63, 3.8) is 0 Å². The van der Waals surface area contributed by atoms with Gasteiger partial charge in [0.25, 0.3) is 0 Å². The molecule has 32 heavy (non-hydrogen) atoms. The predicted molar refractivity (Wildman–Crippen MR) is 124 cm³/mol. The Morgan fingerprint density at radius 2 is 1.75 bits per heavy atom. The van der Waals surface area contributed by atoms with Crippen LogP contribution in [0.4, 0.5) is 4.79 Å². The number of rotatable bonds is 7. The second-order valence-corrected chi connectivity index (χ2v) is 9.34. The Hall–Kier alpha value is -2.62. The van der Waals surface area contributed by atoms with E-state index in [0.29, 0.717) is 15.9 Å². The van der Waals surface area contributed by atoms with Gasteiger partial charge in [-0.1, -0.05) is 36.4 Å². The number of alkyl carbamates (subject to hydrolysis) is 1. The number of methoxy groups -OCH3 is 1. The summed E-state index contributed by atoms with van der Waals surface area (Å²) < 4.78 is 22.5. The Bertz CT molecular complexity index is 969. The Labute approximate surface area is 192 Å². The summed E-state index contributed by atoms with van der Waals surface area (Å²) in [5.41, 5.74) is 1.12.